The maximum absolute atomic E-state index is 12.5. The van der Waals surface area contributed by atoms with Crippen molar-refractivity contribution in [1.82, 2.24) is 9.97 Å². The molecule has 0 aromatic carbocycles. The van der Waals surface area contributed by atoms with Gasteiger partial charge in [-0.15, -0.1) is 0 Å². The molecule has 5 nitrogen and oxygen atoms in total. The zero-order chi connectivity index (χ0) is 14.6. The van der Waals surface area contributed by atoms with Crippen LogP contribution in [0.3, 0.4) is 0 Å². The normalized spacial score (nSPS) is 30.3. The molecule has 3 heterocycles. The van der Waals surface area contributed by atoms with E-state index < -0.39 is 10.8 Å². The Morgan fingerprint density at radius 1 is 1.33 bits per heavy atom. The number of nitrogens with zero attached hydrogens (tertiary/aromatic N) is 3. The minimum absolute atomic E-state index is 0.215. The van der Waals surface area contributed by atoms with Crippen molar-refractivity contribution >= 4 is 28.2 Å². The number of aromatic nitrogens is 2. The summed E-state index contributed by atoms with van der Waals surface area (Å²) in [6.45, 7) is 0.748. The summed E-state index contributed by atoms with van der Waals surface area (Å²) in [7, 11) is -1.06. The number of aliphatic hydroxyl groups excluding tert-OH is 1. The third-order valence-electron chi connectivity index (χ3n) is 5.12. The zero-order valence-corrected chi connectivity index (χ0v) is 13.3. The molecule has 114 valence electrons. The molecule has 1 aromatic rings. The van der Waals surface area contributed by atoms with Gasteiger partial charge >= 0.3 is 0 Å². The van der Waals surface area contributed by atoms with Crippen molar-refractivity contribution in [2.75, 3.05) is 17.2 Å². The van der Waals surface area contributed by atoms with Gasteiger partial charge in [0.2, 0.25) is 5.28 Å². The van der Waals surface area contributed by atoms with Crippen molar-refractivity contribution in [3.05, 3.63) is 11.0 Å². The largest absolute Gasteiger partial charge is 0.391 e. The van der Waals surface area contributed by atoms with Crippen LogP contribution in [0.5, 0.6) is 0 Å². The fourth-order valence-electron chi connectivity index (χ4n) is 3.89. The zero-order valence-electron chi connectivity index (χ0n) is 11.7. The summed E-state index contributed by atoms with van der Waals surface area (Å²) in [5.74, 6) is 1.37. The molecule has 1 saturated heterocycles. The molecule has 0 amide bonds. The van der Waals surface area contributed by atoms with Crippen molar-refractivity contribution in [1.29, 1.82) is 0 Å². The molecule has 2 atom stereocenters. The van der Waals surface area contributed by atoms with Crippen molar-refractivity contribution in [2.24, 2.45) is 0 Å². The molecular weight excluding hydrogens is 310 g/mol. The first-order valence-electron chi connectivity index (χ1n) is 7.52. The van der Waals surface area contributed by atoms with E-state index in [1.165, 1.54) is 0 Å². The average molecular weight is 328 g/mol. The molecule has 7 heteroatoms. The summed E-state index contributed by atoms with van der Waals surface area (Å²) < 4.78 is 12.5. The molecule has 4 rings (SSSR count). The number of fused-ring (bicyclic) bond motifs is 1. The quantitative estimate of drug-likeness (QED) is 0.795. The lowest BCUT2D eigenvalue weighted by Crippen LogP contribution is -2.56. The molecule has 0 radical (unpaired) electrons. The van der Waals surface area contributed by atoms with E-state index in [9.17, 15) is 9.32 Å². The predicted molar refractivity (Wildman–Crippen MR) is 81.2 cm³/mol. The Labute approximate surface area is 131 Å². The van der Waals surface area contributed by atoms with Crippen LogP contribution >= 0.6 is 11.6 Å². The second kappa shape index (κ2) is 4.89. The maximum atomic E-state index is 12.5. The van der Waals surface area contributed by atoms with Crippen molar-refractivity contribution in [3.8, 4) is 0 Å². The molecule has 1 N–H and O–H groups in total. The van der Waals surface area contributed by atoms with Gasteiger partial charge in [0.1, 0.15) is 4.90 Å². The van der Waals surface area contributed by atoms with E-state index in [0.29, 0.717) is 11.6 Å². The molecule has 1 aliphatic carbocycles. The molecule has 0 bridgehead atoms. The predicted octanol–water partition coefficient (Wildman–Crippen LogP) is 1.68. The summed E-state index contributed by atoms with van der Waals surface area (Å²) in [5, 5.41) is 10.6. The second-order valence-electron chi connectivity index (χ2n) is 6.16. The number of hydrogen-bond donors (Lipinski definition) is 1. The molecule has 3 aliphatic rings. The van der Waals surface area contributed by atoms with Gasteiger partial charge in [0.15, 0.2) is 5.82 Å². The Morgan fingerprint density at radius 3 is 2.86 bits per heavy atom. The summed E-state index contributed by atoms with van der Waals surface area (Å²) in [5.41, 5.74) is 0.609. The van der Waals surface area contributed by atoms with E-state index in [0.717, 1.165) is 55.7 Å². The molecule has 1 spiro atoms. The molecule has 2 aliphatic heterocycles. The highest BCUT2D eigenvalue weighted by Crippen LogP contribution is 2.49. The van der Waals surface area contributed by atoms with Crippen LogP contribution in [0.2, 0.25) is 5.28 Å². The fraction of sp³-hybridized carbons (Fsp3) is 0.714. The minimum atomic E-state index is -1.06. The third-order valence-corrected chi connectivity index (χ3v) is 6.82. The van der Waals surface area contributed by atoms with Crippen LogP contribution in [0, 0.1) is 0 Å². The lowest BCUT2D eigenvalue weighted by Gasteiger charge is -2.48. The Morgan fingerprint density at radius 2 is 2.14 bits per heavy atom. The number of hydrogen-bond acceptors (Lipinski definition) is 5. The van der Waals surface area contributed by atoms with Crippen LogP contribution in [-0.4, -0.2) is 43.2 Å². The first-order chi connectivity index (χ1) is 10.1. The van der Waals surface area contributed by atoms with Gasteiger partial charge in [-0.25, -0.2) is 4.98 Å². The Bertz CT molecular complexity index is 620. The Kier molecular flexibility index (Phi) is 3.24. The average Bonchev–Trinajstić information content (AvgIpc) is 2.75. The van der Waals surface area contributed by atoms with Crippen molar-refractivity contribution < 1.29 is 9.32 Å². The van der Waals surface area contributed by atoms with Gasteiger partial charge in [0.05, 0.1) is 28.1 Å². The lowest BCUT2D eigenvalue weighted by molar-refractivity contribution is 0.0579. The summed E-state index contributed by atoms with van der Waals surface area (Å²) >= 11 is 6.09. The van der Waals surface area contributed by atoms with Gasteiger partial charge < -0.3 is 10.0 Å². The molecule has 1 aromatic heterocycles. The lowest BCUT2D eigenvalue weighted by atomic mass is 9.73. The number of rotatable bonds is 1. The number of aliphatic hydroxyl groups is 1. The number of halogens is 1. The van der Waals surface area contributed by atoms with Gasteiger partial charge in [0.25, 0.3) is 0 Å². The van der Waals surface area contributed by atoms with Gasteiger partial charge in [-0.2, -0.15) is 4.98 Å². The smallest absolute Gasteiger partial charge is 0.224 e. The minimum Gasteiger partial charge on any atom is -0.391 e. The standard InChI is InChI=1S/C14H18ClN3O2S/c15-13-16-9-3-1-8-21(20)11(9)12(17-13)18-7-4-10(19)14(18)5-2-6-14/h10,19H,1-8H2. The first kappa shape index (κ1) is 13.9. The topological polar surface area (TPSA) is 66.3 Å². The highest BCUT2D eigenvalue weighted by atomic mass is 35.5. The van der Waals surface area contributed by atoms with E-state index in [1.807, 2.05) is 0 Å². The van der Waals surface area contributed by atoms with E-state index in [-0.39, 0.29) is 16.9 Å². The molecular formula is C14H18ClN3O2S. The number of aryl methyl sites for hydroxylation is 1. The van der Waals surface area contributed by atoms with Crippen LogP contribution in [0.1, 0.15) is 37.8 Å². The van der Waals surface area contributed by atoms with Crippen molar-refractivity contribution in [3.63, 3.8) is 0 Å². The molecule has 21 heavy (non-hydrogen) atoms. The Hall–Kier alpha value is -0.720. The monoisotopic (exact) mass is 327 g/mol. The fourth-order valence-corrected chi connectivity index (χ4v) is 5.46. The molecule has 1 saturated carbocycles. The molecule has 2 unspecified atom stereocenters. The third kappa shape index (κ3) is 1.95. The summed E-state index contributed by atoms with van der Waals surface area (Å²) in [6.07, 6.45) is 5.15. The van der Waals surface area contributed by atoms with E-state index in [4.69, 9.17) is 11.6 Å². The van der Waals surface area contributed by atoms with Crippen LogP contribution in [-0.2, 0) is 17.2 Å². The van der Waals surface area contributed by atoms with E-state index >= 15 is 0 Å². The van der Waals surface area contributed by atoms with Gasteiger partial charge in [-0.3, -0.25) is 4.21 Å². The maximum Gasteiger partial charge on any atom is 0.224 e. The van der Waals surface area contributed by atoms with Crippen LogP contribution in [0.4, 0.5) is 5.82 Å². The van der Waals surface area contributed by atoms with Gasteiger partial charge in [0, 0.05) is 12.3 Å². The first-order valence-corrected chi connectivity index (χ1v) is 9.22. The van der Waals surface area contributed by atoms with Crippen LogP contribution in [0.15, 0.2) is 4.90 Å². The van der Waals surface area contributed by atoms with E-state index in [2.05, 4.69) is 14.9 Å². The SMILES string of the molecule is O=S1CCCc2nc(Cl)nc(N3CCC(O)C34CCC4)c21. The van der Waals surface area contributed by atoms with Crippen LogP contribution in [0.25, 0.3) is 0 Å². The molecule has 2 fully saturated rings. The van der Waals surface area contributed by atoms with Gasteiger partial charge in [-0.1, -0.05) is 0 Å². The van der Waals surface area contributed by atoms with E-state index in [1.54, 1.807) is 0 Å². The second-order valence-corrected chi connectivity index (χ2v) is 8.00. The highest BCUT2D eigenvalue weighted by molar-refractivity contribution is 7.85. The Balaban J connectivity index is 1.85. The van der Waals surface area contributed by atoms with Crippen LogP contribution < -0.4 is 4.90 Å². The summed E-state index contributed by atoms with van der Waals surface area (Å²) in [6, 6.07) is 0. The highest BCUT2D eigenvalue weighted by Gasteiger charge is 2.53. The summed E-state index contributed by atoms with van der Waals surface area (Å²) in [4.78, 5) is 11.6. The van der Waals surface area contributed by atoms with Crippen molar-refractivity contribution in [2.45, 2.75) is 55.1 Å². The van der Waals surface area contributed by atoms with Gasteiger partial charge in [-0.05, 0) is 50.1 Å². The number of anilines is 1.